The molecule has 1 unspecified atom stereocenters. The molecule has 15 nitrogen and oxygen atoms in total. The molecular weight excluding hydrogens is 765 g/mol. The maximum atomic E-state index is 14.4. The number of aromatic nitrogens is 1. The van der Waals surface area contributed by atoms with Gasteiger partial charge in [0.15, 0.2) is 0 Å². The van der Waals surface area contributed by atoms with Crippen LogP contribution < -0.4 is 30.6 Å². The van der Waals surface area contributed by atoms with Crippen molar-refractivity contribution >= 4 is 44.7 Å². The third-order valence-electron chi connectivity index (χ3n) is 9.97. The molecule has 6 rings (SSSR count). The zero-order chi connectivity index (χ0) is 41.8. The lowest BCUT2D eigenvalue weighted by Gasteiger charge is -2.30. The summed E-state index contributed by atoms with van der Waals surface area (Å²) < 4.78 is 46.0. The number of benzene rings is 3. The Hall–Kier alpha value is -6.00. The molecule has 0 spiro atoms. The van der Waals surface area contributed by atoms with Crippen LogP contribution in [-0.2, 0) is 29.1 Å². The number of amides is 4. The largest absolute Gasteiger partial charge is 0.497 e. The van der Waals surface area contributed by atoms with Crippen molar-refractivity contribution in [1.29, 1.82) is 0 Å². The normalized spacial score (nSPS) is 20.7. The van der Waals surface area contributed by atoms with Gasteiger partial charge in [-0.1, -0.05) is 54.6 Å². The first kappa shape index (κ1) is 41.6. The molecular formula is C42H48N6O9S. The number of hydrogen-bond acceptors (Lipinski definition) is 11. The van der Waals surface area contributed by atoms with Gasteiger partial charge in [0.25, 0.3) is 15.9 Å². The summed E-state index contributed by atoms with van der Waals surface area (Å²) in [6.07, 6.45) is -0.0830. The molecule has 3 aromatic carbocycles. The van der Waals surface area contributed by atoms with E-state index in [4.69, 9.17) is 24.9 Å². The minimum atomic E-state index is -4.29. The number of sulfonamides is 1. The van der Waals surface area contributed by atoms with Crippen molar-refractivity contribution in [3.05, 3.63) is 97.6 Å². The molecule has 1 saturated heterocycles. The predicted molar refractivity (Wildman–Crippen MR) is 216 cm³/mol. The lowest BCUT2D eigenvalue weighted by molar-refractivity contribution is -0.141. The molecule has 306 valence electrons. The number of nitrogens with two attached hydrogens (primary N) is 1. The minimum absolute atomic E-state index is 0.0196. The van der Waals surface area contributed by atoms with Gasteiger partial charge in [0, 0.05) is 35.4 Å². The Morgan fingerprint density at radius 3 is 2.34 bits per heavy atom. The highest BCUT2D eigenvalue weighted by Crippen LogP contribution is 2.45. The van der Waals surface area contributed by atoms with E-state index in [1.165, 1.54) is 35.2 Å². The number of rotatable bonds is 14. The number of nitrogens with zero attached hydrogens (tertiary/aromatic N) is 2. The van der Waals surface area contributed by atoms with E-state index in [1.807, 2.05) is 36.4 Å². The van der Waals surface area contributed by atoms with E-state index >= 15 is 0 Å². The molecule has 1 saturated carbocycles. The SMILES string of the molecule is C=C[C@@H]1C[C@]1(NC(=O)[C@@H]1C[C@@H](Oc2cc(-c3ccccc3)nc3cc(OC)ccc23)CN1C(=O)C(CCN)NC(=O)OC(C)(C)C)C(=O)NS(=O)(=O)c1ccccc1. The van der Waals surface area contributed by atoms with Crippen molar-refractivity contribution in [2.75, 3.05) is 20.2 Å². The highest BCUT2D eigenvalue weighted by atomic mass is 32.2. The van der Waals surface area contributed by atoms with Gasteiger partial charge in [-0.25, -0.2) is 22.9 Å². The molecule has 1 aliphatic heterocycles. The summed E-state index contributed by atoms with van der Waals surface area (Å²) in [4.78, 5) is 61.5. The molecule has 0 bridgehead atoms. The fourth-order valence-electron chi connectivity index (χ4n) is 6.99. The van der Waals surface area contributed by atoms with Gasteiger partial charge in [-0.05, 0) is 64.4 Å². The van der Waals surface area contributed by atoms with Gasteiger partial charge >= 0.3 is 6.09 Å². The molecule has 4 amide bonds. The van der Waals surface area contributed by atoms with Crippen LogP contribution in [0.2, 0.25) is 0 Å². The number of carbonyl (C=O) groups excluding carboxylic acids is 4. The Morgan fingerprint density at radius 2 is 1.72 bits per heavy atom. The van der Waals surface area contributed by atoms with Crippen molar-refractivity contribution < 1.29 is 41.8 Å². The summed E-state index contributed by atoms with van der Waals surface area (Å²) in [7, 11) is -2.74. The van der Waals surface area contributed by atoms with E-state index in [1.54, 1.807) is 52.1 Å². The summed E-state index contributed by atoms with van der Waals surface area (Å²) in [5, 5.41) is 6.03. The molecule has 2 aliphatic rings. The number of pyridine rings is 1. The summed E-state index contributed by atoms with van der Waals surface area (Å²) in [5.74, 6) is -1.88. The Bertz CT molecular complexity index is 2300. The fourth-order valence-corrected chi connectivity index (χ4v) is 8.05. The second-order valence-electron chi connectivity index (χ2n) is 15.3. The number of hydrogen-bond donors (Lipinski definition) is 4. The van der Waals surface area contributed by atoms with E-state index in [0.717, 1.165) is 5.56 Å². The first-order valence-corrected chi connectivity index (χ1v) is 20.3. The van der Waals surface area contributed by atoms with Crippen LogP contribution in [0, 0.1) is 5.92 Å². The van der Waals surface area contributed by atoms with Gasteiger partial charge in [0.1, 0.15) is 40.8 Å². The molecule has 5 atom stereocenters. The van der Waals surface area contributed by atoms with Crippen LogP contribution >= 0.6 is 0 Å². The van der Waals surface area contributed by atoms with Gasteiger partial charge in [0.2, 0.25) is 11.8 Å². The van der Waals surface area contributed by atoms with Gasteiger partial charge in [-0.2, -0.15) is 0 Å². The Labute approximate surface area is 337 Å². The van der Waals surface area contributed by atoms with Gasteiger partial charge in [-0.3, -0.25) is 14.4 Å². The van der Waals surface area contributed by atoms with E-state index < -0.39 is 69.1 Å². The average molecular weight is 813 g/mol. The summed E-state index contributed by atoms with van der Waals surface area (Å²) >= 11 is 0. The van der Waals surface area contributed by atoms with Crippen LogP contribution in [0.15, 0.2) is 102 Å². The van der Waals surface area contributed by atoms with Crippen molar-refractivity contribution in [3.63, 3.8) is 0 Å². The number of carbonyl (C=O) groups is 4. The Kier molecular flexibility index (Phi) is 12.1. The van der Waals surface area contributed by atoms with Gasteiger partial charge < -0.3 is 35.5 Å². The van der Waals surface area contributed by atoms with Crippen LogP contribution in [-0.4, -0.2) is 91.6 Å². The molecule has 16 heteroatoms. The van der Waals surface area contributed by atoms with E-state index in [9.17, 15) is 27.6 Å². The number of alkyl carbamates (subject to hydrolysis) is 1. The number of nitrogens with one attached hydrogen (secondary N) is 3. The Balaban J connectivity index is 1.33. The zero-order valence-corrected chi connectivity index (χ0v) is 33.6. The highest BCUT2D eigenvalue weighted by Gasteiger charge is 2.61. The molecule has 0 radical (unpaired) electrons. The van der Waals surface area contributed by atoms with Crippen LogP contribution in [0.1, 0.15) is 40.0 Å². The fraction of sp³-hybridized carbons (Fsp3) is 0.357. The van der Waals surface area contributed by atoms with Crippen molar-refractivity contribution in [3.8, 4) is 22.8 Å². The maximum Gasteiger partial charge on any atom is 0.408 e. The lowest BCUT2D eigenvalue weighted by Crippen LogP contribution is -2.58. The molecule has 2 fully saturated rings. The highest BCUT2D eigenvalue weighted by molar-refractivity contribution is 7.90. The third-order valence-corrected chi connectivity index (χ3v) is 11.3. The molecule has 1 aromatic heterocycles. The molecule has 5 N–H and O–H groups in total. The van der Waals surface area contributed by atoms with E-state index in [-0.39, 0.29) is 37.2 Å². The predicted octanol–water partition coefficient (Wildman–Crippen LogP) is 4.07. The van der Waals surface area contributed by atoms with Crippen molar-refractivity contribution in [2.24, 2.45) is 11.7 Å². The standard InChI is InChI=1S/C42H48N6O9S/c1-6-27-24-42(27,39(51)47-58(53,54)30-15-11-8-12-16-30)46-37(49)35-22-29(25-48(35)38(50)32(19-20-43)45-40(52)57-41(2,3)4)56-36-23-33(26-13-9-7-10-14-26)44-34-21-28(55-5)17-18-31(34)36/h6-18,21,23,27,29,32,35H,1,19-20,22,24-25,43H2,2-5H3,(H,45,52)(H,46,49)(H,47,51)/t27-,29-,32?,35+,42-/m1/s1. The van der Waals surface area contributed by atoms with Crippen LogP contribution in [0.25, 0.3) is 22.2 Å². The molecule has 1 aliphatic carbocycles. The topological polar surface area (TPSA) is 208 Å². The summed E-state index contributed by atoms with van der Waals surface area (Å²) in [6.45, 7) is 8.75. The number of likely N-dealkylation sites (tertiary alicyclic amines) is 1. The van der Waals surface area contributed by atoms with Gasteiger partial charge in [0.05, 0.1) is 29.8 Å². The molecule has 4 aromatic rings. The Morgan fingerprint density at radius 1 is 1.03 bits per heavy atom. The second kappa shape index (κ2) is 16.8. The third kappa shape index (κ3) is 9.24. The average Bonchev–Trinajstić information content (AvgIpc) is 3.75. The van der Waals surface area contributed by atoms with Crippen molar-refractivity contribution in [2.45, 2.75) is 74.3 Å². The van der Waals surface area contributed by atoms with Crippen LogP contribution in [0.3, 0.4) is 0 Å². The van der Waals surface area contributed by atoms with E-state index in [2.05, 4.69) is 21.9 Å². The first-order valence-electron chi connectivity index (χ1n) is 18.8. The minimum Gasteiger partial charge on any atom is -0.497 e. The summed E-state index contributed by atoms with van der Waals surface area (Å²) in [6, 6.07) is 21.6. The van der Waals surface area contributed by atoms with Crippen molar-refractivity contribution in [1.82, 2.24) is 25.2 Å². The molecule has 2 heterocycles. The number of methoxy groups -OCH3 is 1. The molecule has 58 heavy (non-hydrogen) atoms. The monoisotopic (exact) mass is 812 g/mol. The van der Waals surface area contributed by atoms with Gasteiger partial charge in [-0.15, -0.1) is 6.58 Å². The maximum absolute atomic E-state index is 14.4. The number of ether oxygens (including phenoxy) is 3. The smallest absolute Gasteiger partial charge is 0.408 e. The zero-order valence-electron chi connectivity index (χ0n) is 32.8. The second-order valence-corrected chi connectivity index (χ2v) is 16.9. The lowest BCUT2D eigenvalue weighted by atomic mass is 10.1. The summed E-state index contributed by atoms with van der Waals surface area (Å²) in [5.41, 5.74) is 5.40. The van der Waals surface area contributed by atoms with Crippen LogP contribution in [0.5, 0.6) is 11.5 Å². The van der Waals surface area contributed by atoms with Crippen LogP contribution in [0.4, 0.5) is 4.79 Å². The number of fused-ring (bicyclic) bond motifs is 1. The quantitative estimate of drug-likeness (QED) is 0.134. The first-order chi connectivity index (χ1) is 27.6. The van der Waals surface area contributed by atoms with E-state index in [0.29, 0.717) is 28.1 Å².